The van der Waals surface area contributed by atoms with Crippen LogP contribution in [0.15, 0.2) is 16.6 Å². The third-order valence-corrected chi connectivity index (χ3v) is 5.37. The van der Waals surface area contributed by atoms with Crippen LogP contribution in [0.4, 0.5) is 0 Å². The van der Waals surface area contributed by atoms with Crippen LogP contribution in [-0.2, 0) is 4.74 Å². The molecule has 0 radical (unpaired) electrons. The number of phenolic OH excluding ortho intramolecular Hbond substituents is 1. The number of ether oxygens (including phenoxy) is 1. The number of hydrogen-bond acceptors (Lipinski definition) is 3. The second-order valence-electron chi connectivity index (χ2n) is 6.16. The topological polar surface area (TPSA) is 51.5 Å². The van der Waals surface area contributed by atoms with Gasteiger partial charge in [0.2, 0.25) is 0 Å². The number of carbonyl (C=O) groups excluding carboxylic acids is 1. The predicted octanol–water partition coefficient (Wildman–Crippen LogP) is 5.10. The highest BCUT2D eigenvalue weighted by Gasteiger charge is 2.26. The number of fused-ring (bicyclic) bond motifs is 1. The van der Waals surface area contributed by atoms with Crippen LogP contribution in [0.25, 0.3) is 10.9 Å². The normalized spacial score (nSPS) is 16.0. The zero-order valence-corrected chi connectivity index (χ0v) is 15.1. The van der Waals surface area contributed by atoms with Gasteiger partial charge >= 0.3 is 5.97 Å². The van der Waals surface area contributed by atoms with E-state index in [1.807, 2.05) is 19.9 Å². The van der Waals surface area contributed by atoms with E-state index in [1.165, 1.54) is 19.3 Å². The lowest BCUT2D eigenvalue weighted by Crippen LogP contribution is -2.15. The fraction of sp³-hybridized carbons (Fsp3) is 0.500. The van der Waals surface area contributed by atoms with E-state index in [1.54, 1.807) is 6.07 Å². The van der Waals surface area contributed by atoms with Crippen molar-refractivity contribution >= 4 is 32.8 Å². The molecule has 0 saturated heterocycles. The first-order valence-corrected chi connectivity index (χ1v) is 9.04. The van der Waals surface area contributed by atoms with E-state index >= 15 is 0 Å². The number of aromatic hydroxyl groups is 1. The Morgan fingerprint density at radius 1 is 1.35 bits per heavy atom. The van der Waals surface area contributed by atoms with Crippen LogP contribution < -0.4 is 0 Å². The van der Waals surface area contributed by atoms with E-state index in [9.17, 15) is 9.90 Å². The second-order valence-corrected chi connectivity index (χ2v) is 7.02. The Morgan fingerprint density at radius 3 is 2.70 bits per heavy atom. The van der Waals surface area contributed by atoms with Gasteiger partial charge < -0.3 is 14.4 Å². The van der Waals surface area contributed by atoms with Crippen molar-refractivity contribution in [2.75, 3.05) is 6.61 Å². The first-order chi connectivity index (χ1) is 11.0. The van der Waals surface area contributed by atoms with Gasteiger partial charge in [-0.15, -0.1) is 0 Å². The van der Waals surface area contributed by atoms with E-state index in [-0.39, 0.29) is 11.7 Å². The van der Waals surface area contributed by atoms with Crippen molar-refractivity contribution < 1.29 is 14.6 Å². The average Bonchev–Trinajstić information content (AvgIpc) is 2.80. The lowest BCUT2D eigenvalue weighted by molar-refractivity contribution is 0.0527. The summed E-state index contributed by atoms with van der Waals surface area (Å²) in [5.74, 6) is -0.171. The minimum atomic E-state index is -0.314. The number of hydrogen-bond donors (Lipinski definition) is 1. The zero-order valence-electron chi connectivity index (χ0n) is 13.6. The number of rotatable bonds is 3. The first kappa shape index (κ1) is 16.4. The third kappa shape index (κ3) is 2.87. The molecular formula is C18H22BrNO3. The number of halogens is 1. The maximum absolute atomic E-state index is 12.4. The van der Waals surface area contributed by atoms with E-state index in [0.717, 1.165) is 29.4 Å². The molecular weight excluding hydrogens is 358 g/mol. The Labute approximate surface area is 144 Å². The van der Waals surface area contributed by atoms with Crippen LogP contribution in [-0.4, -0.2) is 22.2 Å². The zero-order chi connectivity index (χ0) is 16.6. The molecule has 2 aromatic rings. The number of aromatic nitrogens is 1. The van der Waals surface area contributed by atoms with Gasteiger partial charge in [0.15, 0.2) is 0 Å². The van der Waals surface area contributed by atoms with E-state index in [0.29, 0.717) is 22.7 Å². The van der Waals surface area contributed by atoms with E-state index in [4.69, 9.17) is 4.74 Å². The van der Waals surface area contributed by atoms with Crippen LogP contribution >= 0.6 is 15.9 Å². The number of nitrogens with zero attached hydrogens (tertiary/aromatic N) is 1. The molecule has 4 nitrogen and oxygen atoms in total. The van der Waals surface area contributed by atoms with Crippen molar-refractivity contribution in [1.29, 1.82) is 0 Å². The lowest BCUT2D eigenvalue weighted by atomic mass is 9.95. The Kier molecular flexibility index (Phi) is 4.67. The number of phenols is 1. The van der Waals surface area contributed by atoms with Crippen LogP contribution in [0.1, 0.15) is 61.1 Å². The van der Waals surface area contributed by atoms with Crippen molar-refractivity contribution in [2.24, 2.45) is 0 Å². The van der Waals surface area contributed by atoms with Crippen molar-refractivity contribution in [3.63, 3.8) is 0 Å². The van der Waals surface area contributed by atoms with Crippen molar-refractivity contribution in [3.05, 3.63) is 27.9 Å². The average molecular weight is 380 g/mol. The van der Waals surface area contributed by atoms with Gasteiger partial charge in [-0.1, -0.05) is 19.3 Å². The molecule has 1 aliphatic rings. The molecule has 0 spiro atoms. The molecule has 1 aliphatic carbocycles. The monoisotopic (exact) mass is 379 g/mol. The molecule has 0 unspecified atom stereocenters. The minimum Gasteiger partial charge on any atom is -0.507 e. The minimum absolute atomic E-state index is 0.142. The summed E-state index contributed by atoms with van der Waals surface area (Å²) < 4.78 is 8.16. The van der Waals surface area contributed by atoms with Gasteiger partial charge in [0.25, 0.3) is 0 Å². The van der Waals surface area contributed by atoms with Gasteiger partial charge in [0.05, 0.1) is 22.2 Å². The Bertz CT molecular complexity index is 745. The molecule has 1 N–H and O–H groups in total. The molecule has 0 amide bonds. The van der Waals surface area contributed by atoms with E-state index < -0.39 is 0 Å². The van der Waals surface area contributed by atoms with Gasteiger partial charge in [-0.25, -0.2) is 4.79 Å². The van der Waals surface area contributed by atoms with Crippen LogP contribution in [0.5, 0.6) is 5.75 Å². The van der Waals surface area contributed by atoms with Crippen LogP contribution in [0, 0.1) is 6.92 Å². The Hall–Kier alpha value is -1.49. The predicted molar refractivity (Wildman–Crippen MR) is 94.1 cm³/mol. The summed E-state index contributed by atoms with van der Waals surface area (Å²) in [5, 5.41) is 10.8. The first-order valence-electron chi connectivity index (χ1n) is 8.24. The molecule has 124 valence electrons. The summed E-state index contributed by atoms with van der Waals surface area (Å²) >= 11 is 3.40. The molecule has 0 bridgehead atoms. The molecule has 23 heavy (non-hydrogen) atoms. The summed E-state index contributed by atoms with van der Waals surface area (Å²) in [6, 6.07) is 3.98. The summed E-state index contributed by atoms with van der Waals surface area (Å²) in [4.78, 5) is 12.4. The van der Waals surface area contributed by atoms with Crippen molar-refractivity contribution in [3.8, 4) is 5.75 Å². The lowest BCUT2D eigenvalue weighted by Gasteiger charge is -2.26. The molecule has 5 heteroatoms. The molecule has 1 aromatic carbocycles. The number of benzene rings is 1. The summed E-state index contributed by atoms with van der Waals surface area (Å²) in [7, 11) is 0. The molecule has 1 fully saturated rings. The quantitative estimate of drug-likeness (QED) is 0.754. The fourth-order valence-corrected chi connectivity index (χ4v) is 4.05. The van der Waals surface area contributed by atoms with Crippen molar-refractivity contribution in [1.82, 2.24) is 4.57 Å². The highest BCUT2D eigenvalue weighted by atomic mass is 79.9. The number of carbonyl (C=O) groups is 1. The summed E-state index contributed by atoms with van der Waals surface area (Å²) in [5.41, 5.74) is 2.50. The van der Waals surface area contributed by atoms with Gasteiger partial charge in [0.1, 0.15) is 5.75 Å². The standard InChI is InChI=1S/C18H22BrNO3/c1-3-23-18(22)17-11(2)20(12-7-5-4-6-8-12)15-10-14(19)16(21)9-13(15)17/h9-10,12,21H,3-8H2,1-2H3. The number of esters is 1. The van der Waals surface area contributed by atoms with Crippen molar-refractivity contribution in [2.45, 2.75) is 52.0 Å². The Balaban J connectivity index is 2.23. The van der Waals surface area contributed by atoms with Crippen LogP contribution in [0.3, 0.4) is 0 Å². The summed E-state index contributed by atoms with van der Waals surface area (Å²) in [6.07, 6.45) is 5.98. The van der Waals surface area contributed by atoms with Gasteiger partial charge in [-0.2, -0.15) is 0 Å². The Morgan fingerprint density at radius 2 is 2.04 bits per heavy atom. The van der Waals surface area contributed by atoms with Gasteiger partial charge in [0, 0.05) is 17.1 Å². The fourth-order valence-electron chi connectivity index (χ4n) is 3.72. The second kappa shape index (κ2) is 6.56. The van der Waals surface area contributed by atoms with E-state index in [2.05, 4.69) is 20.5 Å². The molecule has 1 aromatic heterocycles. The summed E-state index contributed by atoms with van der Waals surface area (Å²) in [6.45, 7) is 4.13. The highest BCUT2D eigenvalue weighted by molar-refractivity contribution is 9.10. The largest absolute Gasteiger partial charge is 0.507 e. The maximum atomic E-state index is 12.4. The molecule has 3 rings (SSSR count). The smallest absolute Gasteiger partial charge is 0.340 e. The molecule has 0 atom stereocenters. The SMILES string of the molecule is CCOC(=O)c1c(C)n(C2CCCCC2)c2cc(Br)c(O)cc12. The molecule has 0 aliphatic heterocycles. The molecule has 1 heterocycles. The van der Waals surface area contributed by atoms with Gasteiger partial charge in [-0.05, 0) is 54.8 Å². The highest BCUT2D eigenvalue weighted by Crippen LogP contribution is 2.39. The maximum Gasteiger partial charge on any atom is 0.340 e. The van der Waals surface area contributed by atoms with Gasteiger partial charge in [-0.3, -0.25) is 0 Å². The third-order valence-electron chi connectivity index (χ3n) is 4.74. The van der Waals surface area contributed by atoms with Crippen LogP contribution in [0.2, 0.25) is 0 Å². The molecule has 1 saturated carbocycles.